The van der Waals surface area contributed by atoms with Crippen LogP contribution in [0, 0.1) is 6.92 Å². The van der Waals surface area contributed by atoms with Gasteiger partial charge in [-0.2, -0.15) is 0 Å². The molecule has 0 atom stereocenters. The molecule has 4 heteroatoms. The van der Waals surface area contributed by atoms with Crippen molar-refractivity contribution in [3.05, 3.63) is 87.4 Å². The van der Waals surface area contributed by atoms with Gasteiger partial charge in [0.05, 0.1) is 16.2 Å². The summed E-state index contributed by atoms with van der Waals surface area (Å²) >= 11 is 18.8. The topological polar surface area (TPSA) is 12.9 Å². The van der Waals surface area contributed by atoms with Crippen molar-refractivity contribution < 1.29 is 0 Å². The first-order chi connectivity index (χ1) is 12.5. The zero-order valence-electron chi connectivity index (χ0n) is 13.9. The molecule has 0 N–H and O–H groups in total. The first-order valence-corrected chi connectivity index (χ1v) is 9.28. The average molecular weight is 399 g/mol. The molecule has 128 valence electrons. The van der Waals surface area contributed by atoms with Crippen molar-refractivity contribution in [3.8, 4) is 22.4 Å². The molecule has 0 spiro atoms. The summed E-state index contributed by atoms with van der Waals surface area (Å²) in [4.78, 5) is 4.88. The zero-order chi connectivity index (χ0) is 18.3. The maximum absolute atomic E-state index is 6.47. The molecule has 0 saturated heterocycles. The van der Waals surface area contributed by atoms with Crippen molar-refractivity contribution in [2.24, 2.45) is 0 Å². The highest BCUT2D eigenvalue weighted by molar-refractivity contribution is 6.36. The van der Waals surface area contributed by atoms with E-state index in [4.69, 9.17) is 39.8 Å². The third-order valence-electron chi connectivity index (χ3n) is 4.44. The lowest BCUT2D eigenvalue weighted by molar-refractivity contribution is 1.33. The summed E-state index contributed by atoms with van der Waals surface area (Å²) < 4.78 is 0. The third kappa shape index (κ3) is 3.07. The molecule has 1 heterocycles. The Hall–Kier alpha value is -2.06. The molecule has 0 bridgehead atoms. The fourth-order valence-electron chi connectivity index (χ4n) is 3.25. The first kappa shape index (κ1) is 17.4. The summed E-state index contributed by atoms with van der Waals surface area (Å²) in [6, 6.07) is 21.5. The van der Waals surface area contributed by atoms with Gasteiger partial charge in [0, 0.05) is 21.0 Å². The maximum atomic E-state index is 6.47. The molecule has 1 aromatic heterocycles. The van der Waals surface area contributed by atoms with Crippen LogP contribution in [0.25, 0.3) is 33.3 Å². The van der Waals surface area contributed by atoms with E-state index in [2.05, 4.69) is 19.1 Å². The molecule has 0 aliphatic heterocycles. The average Bonchev–Trinajstić information content (AvgIpc) is 2.62. The number of aromatic nitrogens is 1. The van der Waals surface area contributed by atoms with Crippen LogP contribution in [0.3, 0.4) is 0 Å². The third-order valence-corrected chi connectivity index (χ3v) is 5.22. The van der Waals surface area contributed by atoms with Gasteiger partial charge in [0.2, 0.25) is 0 Å². The van der Waals surface area contributed by atoms with Crippen LogP contribution in [-0.4, -0.2) is 4.98 Å². The molecule has 0 aliphatic rings. The highest BCUT2D eigenvalue weighted by Gasteiger charge is 2.17. The molecular weight excluding hydrogens is 385 g/mol. The second kappa shape index (κ2) is 6.92. The number of nitrogens with zero attached hydrogens (tertiary/aromatic N) is 1. The number of hydrogen-bond acceptors (Lipinski definition) is 1. The highest BCUT2D eigenvalue weighted by atomic mass is 35.5. The summed E-state index contributed by atoms with van der Waals surface area (Å²) in [6.45, 7) is 2.07. The van der Waals surface area contributed by atoms with Gasteiger partial charge in [0.15, 0.2) is 0 Å². The number of hydrogen-bond donors (Lipinski definition) is 0. The Morgan fingerprint density at radius 2 is 1.46 bits per heavy atom. The summed E-state index contributed by atoms with van der Waals surface area (Å²) in [5.41, 5.74) is 5.86. The molecule has 0 amide bonds. The van der Waals surface area contributed by atoms with Gasteiger partial charge in [0.25, 0.3) is 0 Å². The van der Waals surface area contributed by atoms with Gasteiger partial charge >= 0.3 is 0 Å². The van der Waals surface area contributed by atoms with Crippen LogP contribution < -0.4 is 0 Å². The lowest BCUT2D eigenvalue weighted by atomic mass is 9.93. The van der Waals surface area contributed by atoms with E-state index in [1.165, 1.54) is 0 Å². The Labute approximate surface area is 167 Å². The van der Waals surface area contributed by atoms with Gasteiger partial charge in [-0.1, -0.05) is 65.1 Å². The van der Waals surface area contributed by atoms with Crippen LogP contribution in [0.2, 0.25) is 15.1 Å². The van der Waals surface area contributed by atoms with E-state index in [0.29, 0.717) is 15.1 Å². The SMILES string of the molecule is Cc1c(-c2ccc(Cl)cc2Cl)nc2ccc(Cl)cc2c1-c1ccccc1. The van der Waals surface area contributed by atoms with E-state index < -0.39 is 0 Å². The molecule has 0 fully saturated rings. The van der Waals surface area contributed by atoms with E-state index in [0.717, 1.165) is 38.9 Å². The predicted molar refractivity (Wildman–Crippen MR) is 112 cm³/mol. The van der Waals surface area contributed by atoms with E-state index in [-0.39, 0.29) is 0 Å². The minimum atomic E-state index is 0.584. The molecule has 4 rings (SSSR count). The number of benzene rings is 3. The van der Waals surface area contributed by atoms with E-state index in [1.807, 2.05) is 48.5 Å². The first-order valence-electron chi connectivity index (χ1n) is 8.15. The predicted octanol–water partition coefficient (Wildman–Crippen LogP) is 7.84. The van der Waals surface area contributed by atoms with Gasteiger partial charge in [-0.05, 0) is 60.0 Å². The Balaban J connectivity index is 2.10. The fourth-order valence-corrected chi connectivity index (χ4v) is 3.92. The van der Waals surface area contributed by atoms with Gasteiger partial charge in [-0.25, -0.2) is 4.98 Å². The van der Waals surface area contributed by atoms with Gasteiger partial charge < -0.3 is 0 Å². The molecule has 4 aromatic rings. The maximum Gasteiger partial charge on any atom is 0.0760 e. The monoisotopic (exact) mass is 397 g/mol. The smallest absolute Gasteiger partial charge is 0.0760 e. The molecule has 1 nitrogen and oxygen atoms in total. The van der Waals surface area contributed by atoms with Crippen LogP contribution in [-0.2, 0) is 0 Å². The van der Waals surface area contributed by atoms with Crippen LogP contribution in [0.5, 0.6) is 0 Å². The molecule has 0 saturated carbocycles. The number of rotatable bonds is 2. The molecule has 0 radical (unpaired) electrons. The minimum Gasteiger partial charge on any atom is -0.247 e. The van der Waals surface area contributed by atoms with Crippen LogP contribution in [0.4, 0.5) is 0 Å². The normalized spacial score (nSPS) is 11.1. The summed E-state index contributed by atoms with van der Waals surface area (Å²) in [5.74, 6) is 0. The molecule has 0 aliphatic carbocycles. The van der Waals surface area contributed by atoms with Crippen LogP contribution in [0.1, 0.15) is 5.56 Å². The van der Waals surface area contributed by atoms with E-state index >= 15 is 0 Å². The lowest BCUT2D eigenvalue weighted by Gasteiger charge is -2.16. The minimum absolute atomic E-state index is 0.584. The van der Waals surface area contributed by atoms with Gasteiger partial charge in [-0.3, -0.25) is 0 Å². The Bertz CT molecular complexity index is 1120. The number of fused-ring (bicyclic) bond motifs is 1. The van der Waals surface area contributed by atoms with Crippen LogP contribution in [0.15, 0.2) is 66.7 Å². The molecule has 0 unspecified atom stereocenters. The van der Waals surface area contributed by atoms with Gasteiger partial charge in [-0.15, -0.1) is 0 Å². The highest BCUT2D eigenvalue weighted by Crippen LogP contribution is 2.39. The molecule has 26 heavy (non-hydrogen) atoms. The largest absolute Gasteiger partial charge is 0.247 e. The fraction of sp³-hybridized carbons (Fsp3) is 0.0455. The van der Waals surface area contributed by atoms with Crippen LogP contribution >= 0.6 is 34.8 Å². The summed E-state index contributed by atoms with van der Waals surface area (Å²) in [7, 11) is 0. The van der Waals surface area contributed by atoms with E-state index in [9.17, 15) is 0 Å². The second-order valence-corrected chi connectivity index (χ2v) is 7.39. The standard InChI is InChI=1S/C22H14Cl3N/c1-13-21(14-5-3-2-4-6-14)18-11-15(23)8-10-20(18)26-22(13)17-9-7-16(24)12-19(17)25/h2-12H,1H3. The van der Waals surface area contributed by atoms with Crippen molar-refractivity contribution in [1.82, 2.24) is 4.98 Å². The van der Waals surface area contributed by atoms with Crippen molar-refractivity contribution in [2.45, 2.75) is 6.92 Å². The molecular formula is C22H14Cl3N. The number of pyridine rings is 1. The quantitative estimate of drug-likeness (QED) is 0.335. The Morgan fingerprint density at radius 3 is 2.19 bits per heavy atom. The summed E-state index contributed by atoms with van der Waals surface area (Å²) in [5, 5.41) is 2.90. The van der Waals surface area contributed by atoms with Crippen molar-refractivity contribution >= 4 is 45.7 Å². The number of halogens is 3. The second-order valence-electron chi connectivity index (χ2n) is 6.11. The van der Waals surface area contributed by atoms with Crippen molar-refractivity contribution in [3.63, 3.8) is 0 Å². The van der Waals surface area contributed by atoms with E-state index in [1.54, 1.807) is 6.07 Å². The lowest BCUT2D eigenvalue weighted by Crippen LogP contribution is -1.96. The zero-order valence-corrected chi connectivity index (χ0v) is 16.2. The summed E-state index contributed by atoms with van der Waals surface area (Å²) in [6.07, 6.45) is 0. The van der Waals surface area contributed by atoms with Crippen molar-refractivity contribution in [1.29, 1.82) is 0 Å². The van der Waals surface area contributed by atoms with Gasteiger partial charge in [0.1, 0.15) is 0 Å². The Kier molecular flexibility index (Phi) is 4.62. The van der Waals surface area contributed by atoms with Crippen molar-refractivity contribution in [2.75, 3.05) is 0 Å². The Morgan fingerprint density at radius 1 is 0.769 bits per heavy atom. The molecule has 3 aromatic carbocycles.